The molecule has 28 heavy (non-hydrogen) atoms. The molecule has 0 spiro atoms. The summed E-state index contributed by atoms with van der Waals surface area (Å²) in [7, 11) is 0. The second-order valence-corrected chi connectivity index (χ2v) is 7.56. The number of aryl methyl sites for hydroxylation is 1. The van der Waals surface area contributed by atoms with Crippen LogP contribution < -0.4 is 4.90 Å². The fraction of sp³-hybridized carbons (Fsp3) is 0.300. The van der Waals surface area contributed by atoms with Gasteiger partial charge in [0.2, 0.25) is 5.91 Å². The maximum absolute atomic E-state index is 12.7. The Balaban J connectivity index is 1.34. The van der Waals surface area contributed by atoms with E-state index in [0.29, 0.717) is 18.8 Å². The number of hydrogen-bond donors (Lipinski definition) is 0. The number of amides is 1. The highest BCUT2D eigenvalue weighted by Gasteiger charge is 2.22. The SMILES string of the molecule is Cc1ccccc1-n1cnnc1SCC(=O)N1CCN(c2ccccn2)CC1. The van der Waals surface area contributed by atoms with Gasteiger partial charge in [-0.3, -0.25) is 9.36 Å². The molecule has 0 radical (unpaired) electrons. The Morgan fingerprint density at radius 3 is 2.61 bits per heavy atom. The van der Waals surface area contributed by atoms with E-state index in [1.54, 1.807) is 12.5 Å². The molecular formula is C20H22N6OS. The van der Waals surface area contributed by atoms with E-state index in [-0.39, 0.29) is 5.91 Å². The smallest absolute Gasteiger partial charge is 0.233 e. The average Bonchev–Trinajstić information content (AvgIpc) is 3.21. The van der Waals surface area contributed by atoms with Crippen LogP contribution in [0.25, 0.3) is 5.69 Å². The van der Waals surface area contributed by atoms with Crippen molar-refractivity contribution >= 4 is 23.5 Å². The summed E-state index contributed by atoms with van der Waals surface area (Å²) < 4.78 is 1.94. The first-order valence-corrected chi connectivity index (χ1v) is 10.2. The van der Waals surface area contributed by atoms with Crippen LogP contribution in [0.2, 0.25) is 0 Å². The maximum atomic E-state index is 12.7. The fourth-order valence-corrected chi connectivity index (χ4v) is 4.09. The molecule has 1 saturated heterocycles. The largest absolute Gasteiger partial charge is 0.353 e. The van der Waals surface area contributed by atoms with Crippen molar-refractivity contribution in [3.8, 4) is 5.69 Å². The molecule has 2 aromatic heterocycles. The van der Waals surface area contributed by atoms with Gasteiger partial charge in [0.25, 0.3) is 0 Å². The fourth-order valence-electron chi connectivity index (χ4n) is 3.27. The Labute approximate surface area is 168 Å². The zero-order valence-electron chi connectivity index (χ0n) is 15.7. The second-order valence-electron chi connectivity index (χ2n) is 6.61. The van der Waals surface area contributed by atoms with Crippen LogP contribution >= 0.6 is 11.8 Å². The molecule has 1 amide bonds. The van der Waals surface area contributed by atoms with Crippen LogP contribution in [0.4, 0.5) is 5.82 Å². The lowest BCUT2D eigenvalue weighted by molar-refractivity contribution is -0.128. The second kappa shape index (κ2) is 8.43. The van der Waals surface area contributed by atoms with Crippen LogP contribution in [-0.4, -0.2) is 62.5 Å². The van der Waals surface area contributed by atoms with Gasteiger partial charge < -0.3 is 9.80 Å². The number of carbonyl (C=O) groups is 1. The molecule has 0 N–H and O–H groups in total. The topological polar surface area (TPSA) is 67.2 Å². The number of pyridine rings is 1. The lowest BCUT2D eigenvalue weighted by Gasteiger charge is -2.35. The molecule has 1 fully saturated rings. The third-order valence-electron chi connectivity index (χ3n) is 4.82. The average molecular weight is 395 g/mol. The highest BCUT2D eigenvalue weighted by Crippen LogP contribution is 2.22. The molecule has 144 valence electrons. The minimum absolute atomic E-state index is 0.130. The van der Waals surface area contributed by atoms with E-state index in [9.17, 15) is 4.79 Å². The first kappa shape index (κ1) is 18.5. The summed E-state index contributed by atoms with van der Waals surface area (Å²) in [6, 6.07) is 14.0. The number of piperazine rings is 1. The summed E-state index contributed by atoms with van der Waals surface area (Å²) in [5.74, 6) is 1.45. The predicted molar refractivity (Wildman–Crippen MR) is 110 cm³/mol. The molecule has 8 heteroatoms. The molecular weight excluding hydrogens is 372 g/mol. The third kappa shape index (κ3) is 4.01. The summed E-state index contributed by atoms with van der Waals surface area (Å²) in [6.07, 6.45) is 3.49. The van der Waals surface area contributed by atoms with E-state index in [4.69, 9.17) is 0 Å². The van der Waals surface area contributed by atoms with Crippen LogP contribution in [-0.2, 0) is 4.79 Å². The van der Waals surface area contributed by atoms with Crippen molar-refractivity contribution in [3.05, 3.63) is 60.6 Å². The maximum Gasteiger partial charge on any atom is 0.233 e. The summed E-state index contributed by atoms with van der Waals surface area (Å²) in [4.78, 5) is 21.2. The molecule has 0 atom stereocenters. The van der Waals surface area contributed by atoms with Crippen molar-refractivity contribution in [2.45, 2.75) is 12.1 Å². The standard InChI is InChI=1S/C20H22N6OS/c1-16-6-2-3-7-17(16)26-15-22-23-20(26)28-14-19(27)25-12-10-24(11-13-25)18-8-4-5-9-21-18/h2-9,15H,10-14H2,1H3. The molecule has 4 rings (SSSR count). The van der Waals surface area contributed by atoms with Crippen molar-refractivity contribution in [1.29, 1.82) is 0 Å². The van der Waals surface area contributed by atoms with Gasteiger partial charge in [0.1, 0.15) is 12.1 Å². The molecule has 1 aromatic carbocycles. The summed E-state index contributed by atoms with van der Waals surface area (Å²) >= 11 is 1.43. The number of nitrogens with zero attached hydrogens (tertiary/aromatic N) is 6. The number of anilines is 1. The zero-order valence-corrected chi connectivity index (χ0v) is 16.5. The van der Waals surface area contributed by atoms with Crippen LogP contribution in [0.15, 0.2) is 60.1 Å². The van der Waals surface area contributed by atoms with Crippen molar-refractivity contribution in [3.63, 3.8) is 0 Å². The van der Waals surface area contributed by atoms with E-state index in [1.807, 2.05) is 45.9 Å². The normalized spacial score (nSPS) is 14.3. The van der Waals surface area contributed by atoms with E-state index in [0.717, 1.165) is 35.3 Å². The predicted octanol–water partition coefficient (Wildman–Crippen LogP) is 2.41. The molecule has 0 aliphatic carbocycles. The Bertz CT molecular complexity index is 937. The minimum Gasteiger partial charge on any atom is -0.353 e. The van der Waals surface area contributed by atoms with Crippen molar-refractivity contribution in [1.82, 2.24) is 24.6 Å². The van der Waals surface area contributed by atoms with Gasteiger partial charge in [-0.1, -0.05) is 36.0 Å². The Morgan fingerprint density at radius 2 is 1.86 bits per heavy atom. The molecule has 0 bridgehead atoms. The van der Waals surface area contributed by atoms with Gasteiger partial charge in [-0.05, 0) is 30.7 Å². The number of aromatic nitrogens is 4. The van der Waals surface area contributed by atoms with Crippen molar-refractivity contribution in [2.75, 3.05) is 36.8 Å². The number of thioether (sulfide) groups is 1. The summed E-state index contributed by atoms with van der Waals surface area (Å²) in [6.45, 7) is 5.07. The van der Waals surface area contributed by atoms with Crippen molar-refractivity contribution in [2.24, 2.45) is 0 Å². The number of benzene rings is 1. The van der Waals surface area contributed by atoms with Gasteiger partial charge in [0, 0.05) is 32.4 Å². The zero-order chi connectivity index (χ0) is 19.3. The van der Waals surface area contributed by atoms with Gasteiger partial charge in [-0.2, -0.15) is 0 Å². The third-order valence-corrected chi connectivity index (χ3v) is 5.75. The number of rotatable bonds is 5. The highest BCUT2D eigenvalue weighted by molar-refractivity contribution is 7.99. The van der Waals surface area contributed by atoms with E-state index in [2.05, 4.69) is 33.1 Å². The molecule has 1 aliphatic rings. The Morgan fingerprint density at radius 1 is 1.07 bits per heavy atom. The molecule has 0 saturated carbocycles. The van der Waals surface area contributed by atoms with Crippen LogP contribution in [0.5, 0.6) is 0 Å². The van der Waals surface area contributed by atoms with E-state index in [1.165, 1.54) is 11.8 Å². The molecule has 0 unspecified atom stereocenters. The molecule has 3 heterocycles. The van der Waals surface area contributed by atoms with Gasteiger partial charge in [0.15, 0.2) is 5.16 Å². The van der Waals surface area contributed by atoms with Crippen LogP contribution in [0.3, 0.4) is 0 Å². The van der Waals surface area contributed by atoms with Gasteiger partial charge in [-0.25, -0.2) is 4.98 Å². The lowest BCUT2D eigenvalue weighted by Crippen LogP contribution is -2.49. The quantitative estimate of drug-likeness (QED) is 0.619. The summed E-state index contributed by atoms with van der Waals surface area (Å²) in [5, 5.41) is 8.95. The van der Waals surface area contributed by atoms with Gasteiger partial charge >= 0.3 is 0 Å². The monoisotopic (exact) mass is 394 g/mol. The number of hydrogen-bond acceptors (Lipinski definition) is 6. The first-order chi connectivity index (χ1) is 13.7. The first-order valence-electron chi connectivity index (χ1n) is 9.25. The Kier molecular flexibility index (Phi) is 5.57. The lowest BCUT2D eigenvalue weighted by atomic mass is 10.2. The van der Waals surface area contributed by atoms with Gasteiger partial charge in [0.05, 0.1) is 11.4 Å². The van der Waals surface area contributed by atoms with E-state index >= 15 is 0 Å². The van der Waals surface area contributed by atoms with Gasteiger partial charge in [-0.15, -0.1) is 10.2 Å². The Hall–Kier alpha value is -2.87. The van der Waals surface area contributed by atoms with Crippen LogP contribution in [0, 0.1) is 6.92 Å². The summed E-state index contributed by atoms with van der Waals surface area (Å²) in [5.41, 5.74) is 2.17. The number of carbonyl (C=O) groups excluding carboxylic acids is 1. The molecule has 7 nitrogen and oxygen atoms in total. The minimum atomic E-state index is 0.130. The number of para-hydroxylation sites is 1. The van der Waals surface area contributed by atoms with E-state index < -0.39 is 0 Å². The molecule has 3 aromatic rings. The van der Waals surface area contributed by atoms with Crippen molar-refractivity contribution < 1.29 is 4.79 Å². The molecule has 1 aliphatic heterocycles. The highest BCUT2D eigenvalue weighted by atomic mass is 32.2. The van der Waals surface area contributed by atoms with Crippen LogP contribution in [0.1, 0.15) is 5.56 Å².